The van der Waals surface area contributed by atoms with Gasteiger partial charge in [0.25, 0.3) is 0 Å². The second-order valence-electron chi connectivity index (χ2n) is 4.43. The van der Waals surface area contributed by atoms with Gasteiger partial charge in [-0.05, 0) is 19.3 Å². The van der Waals surface area contributed by atoms with Gasteiger partial charge in [-0.2, -0.15) is 0 Å². The first-order valence-electron chi connectivity index (χ1n) is 5.08. The van der Waals surface area contributed by atoms with E-state index in [0.29, 0.717) is 5.92 Å². The van der Waals surface area contributed by atoms with E-state index in [-0.39, 0.29) is 5.60 Å². The summed E-state index contributed by atoms with van der Waals surface area (Å²) in [5.41, 5.74) is 0.0666. The average Bonchev–Trinajstić information content (AvgIpc) is 2.29. The van der Waals surface area contributed by atoms with Crippen LogP contribution in [0.1, 0.15) is 45.4 Å². The molecule has 0 radical (unpaired) electrons. The Hall–Kier alpha value is -0.0800. The lowest BCUT2D eigenvalue weighted by molar-refractivity contribution is -0.156. The normalized spacial score (nSPS) is 40.5. The Balaban J connectivity index is 2.02. The monoisotopic (exact) mass is 170 g/mol. The molecule has 2 atom stereocenters. The number of aliphatic hydroxyl groups excluding tert-OH is 1. The summed E-state index contributed by atoms with van der Waals surface area (Å²) < 4.78 is 5.66. The molecule has 1 saturated carbocycles. The van der Waals surface area contributed by atoms with Crippen molar-refractivity contribution in [1.82, 2.24) is 0 Å². The predicted octanol–water partition coefficient (Wildman–Crippen LogP) is 2.06. The molecule has 2 heteroatoms. The molecule has 12 heavy (non-hydrogen) atoms. The van der Waals surface area contributed by atoms with Crippen molar-refractivity contribution in [2.75, 3.05) is 0 Å². The topological polar surface area (TPSA) is 29.5 Å². The zero-order chi connectivity index (χ0) is 8.60. The van der Waals surface area contributed by atoms with Crippen LogP contribution in [-0.2, 0) is 4.74 Å². The van der Waals surface area contributed by atoms with Crippen LogP contribution in [0.4, 0.5) is 0 Å². The molecule has 2 fully saturated rings. The van der Waals surface area contributed by atoms with Gasteiger partial charge >= 0.3 is 0 Å². The van der Waals surface area contributed by atoms with Gasteiger partial charge in [0, 0.05) is 5.92 Å². The Bertz CT molecular complexity index is 149. The number of hydrogen-bond acceptors (Lipinski definition) is 2. The van der Waals surface area contributed by atoms with Crippen LogP contribution in [0.5, 0.6) is 0 Å². The van der Waals surface area contributed by atoms with Crippen LogP contribution in [0.25, 0.3) is 0 Å². The molecule has 2 aliphatic rings. The van der Waals surface area contributed by atoms with Crippen LogP contribution in [-0.4, -0.2) is 17.0 Å². The fourth-order valence-corrected chi connectivity index (χ4v) is 2.63. The molecular formula is C10H18O2. The lowest BCUT2D eigenvalue weighted by Gasteiger charge is -2.32. The summed E-state index contributed by atoms with van der Waals surface area (Å²) in [6, 6.07) is 0. The number of aliphatic hydroxyl groups is 1. The fourth-order valence-electron chi connectivity index (χ4n) is 2.63. The van der Waals surface area contributed by atoms with Gasteiger partial charge in [-0.15, -0.1) is 0 Å². The Morgan fingerprint density at radius 2 is 1.92 bits per heavy atom. The van der Waals surface area contributed by atoms with Gasteiger partial charge in [-0.3, -0.25) is 0 Å². The van der Waals surface area contributed by atoms with Gasteiger partial charge in [0.15, 0.2) is 6.29 Å². The average molecular weight is 170 g/mol. The SMILES string of the molecule is CC1CC2(CCCCC2)OC1O. The summed E-state index contributed by atoms with van der Waals surface area (Å²) in [5, 5.41) is 9.49. The quantitative estimate of drug-likeness (QED) is 0.603. The standard InChI is InChI=1S/C10H18O2/c1-8-7-10(12-9(8)11)5-3-2-4-6-10/h8-9,11H,2-7H2,1H3. The Morgan fingerprint density at radius 1 is 1.25 bits per heavy atom. The van der Waals surface area contributed by atoms with Crippen LogP contribution >= 0.6 is 0 Å². The van der Waals surface area contributed by atoms with Gasteiger partial charge in [-0.25, -0.2) is 0 Å². The summed E-state index contributed by atoms with van der Waals surface area (Å²) in [7, 11) is 0. The number of rotatable bonds is 0. The van der Waals surface area contributed by atoms with E-state index in [1.807, 2.05) is 0 Å². The van der Waals surface area contributed by atoms with Crippen LogP contribution in [0.2, 0.25) is 0 Å². The molecule has 0 aromatic rings. The highest BCUT2D eigenvalue weighted by molar-refractivity contribution is 4.91. The summed E-state index contributed by atoms with van der Waals surface area (Å²) in [6.07, 6.45) is 6.79. The third-order valence-corrected chi connectivity index (χ3v) is 3.32. The third kappa shape index (κ3) is 1.38. The van der Waals surface area contributed by atoms with Crippen molar-refractivity contribution in [3.05, 3.63) is 0 Å². The van der Waals surface area contributed by atoms with E-state index in [1.54, 1.807) is 0 Å². The van der Waals surface area contributed by atoms with Crippen molar-refractivity contribution in [2.24, 2.45) is 5.92 Å². The zero-order valence-electron chi connectivity index (χ0n) is 7.75. The van der Waals surface area contributed by atoms with E-state index in [4.69, 9.17) is 4.74 Å². The molecule has 70 valence electrons. The van der Waals surface area contributed by atoms with E-state index in [0.717, 1.165) is 19.3 Å². The fraction of sp³-hybridized carbons (Fsp3) is 1.00. The maximum atomic E-state index is 9.49. The van der Waals surface area contributed by atoms with Gasteiger partial charge < -0.3 is 9.84 Å². The molecule has 1 aliphatic carbocycles. The molecule has 1 N–H and O–H groups in total. The summed E-state index contributed by atoms with van der Waals surface area (Å²) in [5.74, 6) is 0.336. The van der Waals surface area contributed by atoms with Gasteiger partial charge in [-0.1, -0.05) is 26.2 Å². The van der Waals surface area contributed by atoms with Gasteiger partial charge in [0.2, 0.25) is 0 Å². The lowest BCUT2D eigenvalue weighted by atomic mass is 9.81. The van der Waals surface area contributed by atoms with E-state index in [2.05, 4.69) is 6.92 Å². The second-order valence-corrected chi connectivity index (χ2v) is 4.43. The molecule has 0 bridgehead atoms. The highest BCUT2D eigenvalue weighted by atomic mass is 16.6. The maximum Gasteiger partial charge on any atom is 0.157 e. The maximum absolute atomic E-state index is 9.49. The molecule has 1 heterocycles. The largest absolute Gasteiger partial charge is 0.368 e. The molecule has 1 saturated heterocycles. The summed E-state index contributed by atoms with van der Waals surface area (Å²) >= 11 is 0. The minimum atomic E-state index is -0.497. The van der Waals surface area contributed by atoms with E-state index < -0.39 is 6.29 Å². The number of ether oxygens (including phenoxy) is 1. The van der Waals surface area contributed by atoms with Crippen molar-refractivity contribution in [3.63, 3.8) is 0 Å². The molecule has 0 aromatic carbocycles. The van der Waals surface area contributed by atoms with Gasteiger partial charge in [0.05, 0.1) is 5.60 Å². The predicted molar refractivity (Wildman–Crippen MR) is 46.7 cm³/mol. The van der Waals surface area contributed by atoms with E-state index in [9.17, 15) is 5.11 Å². The smallest absolute Gasteiger partial charge is 0.157 e. The highest BCUT2D eigenvalue weighted by Gasteiger charge is 2.44. The first-order chi connectivity index (χ1) is 5.72. The molecule has 0 amide bonds. The van der Waals surface area contributed by atoms with Crippen molar-refractivity contribution in [2.45, 2.75) is 57.3 Å². The minimum Gasteiger partial charge on any atom is -0.368 e. The number of hydrogen-bond donors (Lipinski definition) is 1. The summed E-state index contributed by atoms with van der Waals surface area (Å²) in [6.45, 7) is 2.08. The van der Waals surface area contributed by atoms with Crippen LogP contribution in [0, 0.1) is 5.92 Å². The van der Waals surface area contributed by atoms with Crippen molar-refractivity contribution >= 4 is 0 Å². The van der Waals surface area contributed by atoms with Crippen LogP contribution in [0.3, 0.4) is 0 Å². The first-order valence-corrected chi connectivity index (χ1v) is 5.08. The second kappa shape index (κ2) is 3.00. The molecule has 1 aliphatic heterocycles. The van der Waals surface area contributed by atoms with Crippen molar-refractivity contribution in [3.8, 4) is 0 Å². The Morgan fingerprint density at radius 3 is 2.42 bits per heavy atom. The van der Waals surface area contributed by atoms with Crippen LogP contribution in [0.15, 0.2) is 0 Å². The van der Waals surface area contributed by atoms with E-state index >= 15 is 0 Å². The Labute approximate surface area is 73.9 Å². The van der Waals surface area contributed by atoms with Crippen molar-refractivity contribution in [1.29, 1.82) is 0 Å². The molecule has 2 rings (SSSR count). The minimum absolute atomic E-state index is 0.0666. The highest BCUT2D eigenvalue weighted by Crippen LogP contribution is 2.43. The molecule has 1 spiro atoms. The molecule has 2 unspecified atom stereocenters. The third-order valence-electron chi connectivity index (χ3n) is 3.32. The Kier molecular flexibility index (Phi) is 2.13. The van der Waals surface area contributed by atoms with Gasteiger partial charge in [0.1, 0.15) is 0 Å². The molecular weight excluding hydrogens is 152 g/mol. The lowest BCUT2D eigenvalue weighted by Crippen LogP contribution is -2.31. The zero-order valence-corrected chi connectivity index (χ0v) is 7.75. The summed E-state index contributed by atoms with van der Waals surface area (Å²) in [4.78, 5) is 0. The van der Waals surface area contributed by atoms with Crippen molar-refractivity contribution < 1.29 is 9.84 Å². The molecule has 2 nitrogen and oxygen atoms in total. The molecule has 0 aromatic heterocycles. The van der Waals surface area contributed by atoms with Crippen LogP contribution < -0.4 is 0 Å². The van der Waals surface area contributed by atoms with E-state index in [1.165, 1.54) is 19.3 Å². The first kappa shape index (κ1) is 8.52.